The van der Waals surface area contributed by atoms with E-state index < -0.39 is 5.97 Å². The summed E-state index contributed by atoms with van der Waals surface area (Å²) in [4.78, 5) is 20.0. The number of methoxy groups -OCH3 is 1. The van der Waals surface area contributed by atoms with Crippen LogP contribution in [0.15, 0.2) is 60.7 Å². The normalized spacial score (nSPS) is 11.7. The van der Waals surface area contributed by atoms with Gasteiger partial charge in [0.1, 0.15) is 5.75 Å². The molecule has 6 heteroatoms. The smallest absolute Gasteiger partial charge is 0.336 e. The topological polar surface area (TPSA) is 56.3 Å². The second-order valence-electron chi connectivity index (χ2n) is 12.3. The van der Waals surface area contributed by atoms with Crippen molar-refractivity contribution < 1.29 is 14.6 Å². The Hall–Kier alpha value is -3.67. The van der Waals surface area contributed by atoms with Crippen LogP contribution in [-0.4, -0.2) is 58.5 Å². The first-order valence-corrected chi connectivity index (χ1v) is 17.1. The monoisotopic (exact) mass is 615 g/mol. The number of hydrogen-bond donors (Lipinski definition) is 1. The lowest BCUT2D eigenvalue weighted by molar-refractivity contribution is 0.0695. The number of carboxylic acids is 1. The zero-order valence-electron chi connectivity index (χ0n) is 28.9. The van der Waals surface area contributed by atoms with Crippen LogP contribution in [0.1, 0.15) is 112 Å². The van der Waals surface area contributed by atoms with Gasteiger partial charge in [-0.25, -0.2) is 4.79 Å². The zero-order valence-corrected chi connectivity index (χ0v) is 28.9. The van der Waals surface area contributed by atoms with Gasteiger partial charge in [0.15, 0.2) is 0 Å². The highest BCUT2D eigenvalue weighted by molar-refractivity contribution is 5.92. The summed E-state index contributed by atoms with van der Waals surface area (Å²) in [6.45, 7) is 13.0. The van der Waals surface area contributed by atoms with Gasteiger partial charge in [0, 0.05) is 68.8 Å². The number of hydrogen-bond acceptors (Lipinski definition) is 5. The molecule has 0 fully saturated rings. The summed E-state index contributed by atoms with van der Waals surface area (Å²) in [7, 11) is 5.58. The predicted molar refractivity (Wildman–Crippen MR) is 192 cm³/mol. The standard InChI is InChI=1S/C39H57N3O3/c1-8-12-24-41(25-13-9-2)31-21-23-33(36(29-31)42(26-14-10-3)27-15-11-4)38(34-18-16-17-19-37(34)45-7)32-22-20-30(40(5)6)28-35(32)39(43)44/h16-23,28-29,38H,8-15,24-27H2,1-7H3,(H,43,44). The van der Waals surface area contributed by atoms with Crippen LogP contribution >= 0.6 is 0 Å². The molecule has 246 valence electrons. The van der Waals surface area contributed by atoms with Crippen molar-refractivity contribution in [1.29, 1.82) is 0 Å². The van der Waals surface area contributed by atoms with E-state index in [-0.39, 0.29) is 5.92 Å². The summed E-state index contributed by atoms with van der Waals surface area (Å²) in [6, 6.07) is 20.8. The van der Waals surface area contributed by atoms with Gasteiger partial charge < -0.3 is 24.5 Å². The van der Waals surface area contributed by atoms with E-state index in [1.807, 2.05) is 49.3 Å². The van der Waals surface area contributed by atoms with Crippen LogP contribution < -0.4 is 19.4 Å². The molecular weight excluding hydrogens is 558 g/mol. The largest absolute Gasteiger partial charge is 0.496 e. The van der Waals surface area contributed by atoms with Gasteiger partial charge in [0.05, 0.1) is 12.7 Å². The highest BCUT2D eigenvalue weighted by Gasteiger charge is 2.29. The van der Waals surface area contributed by atoms with E-state index in [4.69, 9.17) is 4.74 Å². The number of nitrogens with zero attached hydrogens (tertiary/aromatic N) is 3. The third kappa shape index (κ3) is 9.42. The average molecular weight is 616 g/mol. The third-order valence-corrected chi connectivity index (χ3v) is 8.70. The summed E-state index contributed by atoms with van der Waals surface area (Å²) in [5.41, 5.74) is 6.46. The van der Waals surface area contributed by atoms with Gasteiger partial charge in [-0.1, -0.05) is 83.7 Å². The van der Waals surface area contributed by atoms with Crippen molar-refractivity contribution >= 4 is 23.0 Å². The summed E-state index contributed by atoms with van der Waals surface area (Å²) in [5.74, 6) is -0.504. The van der Waals surface area contributed by atoms with E-state index in [9.17, 15) is 9.90 Å². The molecule has 1 N–H and O–H groups in total. The molecule has 0 aliphatic carbocycles. The molecule has 0 aliphatic rings. The van der Waals surface area contributed by atoms with Crippen molar-refractivity contribution in [1.82, 2.24) is 0 Å². The minimum atomic E-state index is -0.925. The number of para-hydroxylation sites is 1. The molecular formula is C39H57N3O3. The molecule has 0 spiro atoms. The molecule has 0 bridgehead atoms. The minimum absolute atomic E-state index is 0.313. The molecule has 0 amide bonds. The SMILES string of the molecule is CCCCN(CCCC)c1ccc(C(c2ccccc2OC)c2ccc(N(C)C)cc2C(=O)O)c(N(CCCC)CCCC)c1. The summed E-state index contributed by atoms with van der Waals surface area (Å²) >= 11 is 0. The van der Waals surface area contributed by atoms with Crippen molar-refractivity contribution in [3.63, 3.8) is 0 Å². The van der Waals surface area contributed by atoms with Crippen LogP contribution in [-0.2, 0) is 0 Å². The van der Waals surface area contributed by atoms with Crippen LogP contribution in [0.3, 0.4) is 0 Å². The Bertz CT molecular complexity index is 1320. The summed E-state index contributed by atoms with van der Waals surface area (Å²) < 4.78 is 5.93. The molecule has 0 saturated carbocycles. The Labute approximate surface area is 273 Å². The molecule has 0 aromatic heterocycles. The molecule has 0 heterocycles. The van der Waals surface area contributed by atoms with Gasteiger partial charge >= 0.3 is 5.97 Å². The number of anilines is 3. The lowest BCUT2D eigenvalue weighted by Gasteiger charge is -2.34. The van der Waals surface area contributed by atoms with Crippen LogP contribution in [0.5, 0.6) is 5.75 Å². The Balaban J connectivity index is 2.40. The number of ether oxygens (including phenoxy) is 1. The molecule has 3 rings (SSSR count). The van der Waals surface area contributed by atoms with E-state index in [0.717, 1.165) is 106 Å². The highest BCUT2D eigenvalue weighted by Crippen LogP contribution is 2.44. The molecule has 6 nitrogen and oxygen atoms in total. The van der Waals surface area contributed by atoms with E-state index in [1.165, 1.54) is 11.4 Å². The van der Waals surface area contributed by atoms with Gasteiger partial charge in [-0.3, -0.25) is 0 Å². The fourth-order valence-corrected chi connectivity index (χ4v) is 6.03. The lowest BCUT2D eigenvalue weighted by Crippen LogP contribution is -2.29. The second kappa shape index (κ2) is 18.3. The maximum Gasteiger partial charge on any atom is 0.336 e. The molecule has 0 saturated heterocycles. The van der Waals surface area contributed by atoms with Crippen molar-refractivity contribution in [3.05, 3.63) is 82.9 Å². The van der Waals surface area contributed by atoms with Crippen molar-refractivity contribution in [2.45, 2.75) is 85.0 Å². The summed E-state index contributed by atoms with van der Waals surface area (Å²) in [6.07, 6.45) is 9.04. The molecule has 3 aromatic carbocycles. The summed E-state index contributed by atoms with van der Waals surface area (Å²) in [5, 5.41) is 10.6. The van der Waals surface area contributed by atoms with Gasteiger partial charge in [0.2, 0.25) is 0 Å². The van der Waals surface area contributed by atoms with E-state index in [1.54, 1.807) is 13.2 Å². The number of unbranched alkanes of at least 4 members (excludes halogenated alkanes) is 4. The number of benzene rings is 3. The Morgan fingerprint density at radius 3 is 1.76 bits per heavy atom. The minimum Gasteiger partial charge on any atom is -0.496 e. The van der Waals surface area contributed by atoms with Gasteiger partial charge in [-0.15, -0.1) is 0 Å². The predicted octanol–water partition coefficient (Wildman–Crippen LogP) is 9.45. The van der Waals surface area contributed by atoms with Crippen LogP contribution in [0.4, 0.5) is 17.1 Å². The maximum atomic E-state index is 12.9. The fourth-order valence-electron chi connectivity index (χ4n) is 6.03. The first kappa shape index (κ1) is 35.8. The lowest BCUT2D eigenvalue weighted by atomic mass is 9.81. The van der Waals surface area contributed by atoms with Gasteiger partial charge in [-0.2, -0.15) is 0 Å². The van der Waals surface area contributed by atoms with E-state index in [0.29, 0.717) is 5.56 Å². The zero-order chi connectivity index (χ0) is 32.8. The Morgan fingerprint density at radius 2 is 1.22 bits per heavy atom. The highest BCUT2D eigenvalue weighted by atomic mass is 16.5. The molecule has 45 heavy (non-hydrogen) atoms. The van der Waals surface area contributed by atoms with Crippen molar-refractivity contribution in [3.8, 4) is 5.75 Å². The average Bonchev–Trinajstić information content (AvgIpc) is 3.05. The van der Waals surface area contributed by atoms with Crippen LogP contribution in [0, 0.1) is 0 Å². The quantitative estimate of drug-likeness (QED) is 0.128. The molecule has 0 radical (unpaired) electrons. The van der Waals surface area contributed by atoms with E-state index in [2.05, 4.69) is 61.8 Å². The van der Waals surface area contributed by atoms with Crippen LogP contribution in [0.25, 0.3) is 0 Å². The molecule has 1 unspecified atom stereocenters. The Morgan fingerprint density at radius 1 is 0.689 bits per heavy atom. The number of carbonyl (C=O) groups is 1. The number of carboxylic acid groups (broad SMARTS) is 1. The molecule has 1 atom stereocenters. The van der Waals surface area contributed by atoms with E-state index >= 15 is 0 Å². The van der Waals surface area contributed by atoms with Crippen molar-refractivity contribution in [2.24, 2.45) is 0 Å². The van der Waals surface area contributed by atoms with Crippen LogP contribution in [0.2, 0.25) is 0 Å². The van der Waals surface area contributed by atoms with Gasteiger partial charge in [0.25, 0.3) is 0 Å². The fraction of sp³-hybridized carbons (Fsp3) is 0.513. The number of aromatic carboxylic acids is 1. The molecule has 3 aromatic rings. The molecule has 0 aliphatic heterocycles. The Kier molecular flexibility index (Phi) is 14.6. The first-order valence-electron chi connectivity index (χ1n) is 17.1. The number of rotatable bonds is 20. The third-order valence-electron chi connectivity index (χ3n) is 8.70. The maximum absolute atomic E-state index is 12.9. The second-order valence-corrected chi connectivity index (χ2v) is 12.3. The van der Waals surface area contributed by atoms with Gasteiger partial charge in [-0.05, 0) is 67.1 Å². The first-order chi connectivity index (χ1) is 21.8. The van der Waals surface area contributed by atoms with Crippen molar-refractivity contribution in [2.75, 3.05) is 62.1 Å².